The van der Waals surface area contributed by atoms with Crippen molar-refractivity contribution in [2.75, 3.05) is 0 Å². The third kappa shape index (κ3) is 5.88. The molecular weight excluding hydrogens is 367 g/mol. The van der Waals surface area contributed by atoms with Crippen molar-refractivity contribution in [3.05, 3.63) is 59.9 Å². The van der Waals surface area contributed by atoms with Gasteiger partial charge in [0.1, 0.15) is 17.3 Å². The summed E-state index contributed by atoms with van der Waals surface area (Å²) in [6.45, 7) is 11.0. The highest BCUT2D eigenvalue weighted by Crippen LogP contribution is 2.37. The Morgan fingerprint density at radius 2 is 1.54 bits per heavy atom. The number of halogens is 1. The van der Waals surface area contributed by atoms with Crippen LogP contribution >= 0.6 is 11.8 Å². The lowest BCUT2D eigenvalue weighted by molar-refractivity contribution is 0.227. The molecule has 0 aromatic heterocycles. The Morgan fingerprint density at radius 1 is 1.00 bits per heavy atom. The van der Waals surface area contributed by atoms with Crippen LogP contribution in [-0.4, -0.2) is 13.6 Å². The van der Waals surface area contributed by atoms with Crippen molar-refractivity contribution >= 4 is 25.4 Å². The molecule has 0 bridgehead atoms. The van der Waals surface area contributed by atoms with Gasteiger partial charge in [0.2, 0.25) is 8.32 Å². The molecule has 0 atom stereocenters. The third-order valence-corrected chi connectivity index (χ3v) is 9.63. The lowest BCUT2D eigenvalue weighted by atomic mass is 10.2. The van der Waals surface area contributed by atoms with Crippen molar-refractivity contribution in [2.45, 2.75) is 44.7 Å². The standard InChI is InChI=1S/C20H25FO3SSi/c1-20(2,3)26(4,5)24-18-10-6-15(7-11-18)14-25-19(22)23-17-12-8-16(21)9-13-17/h6-13H,14H2,1-5H3. The molecule has 0 aliphatic heterocycles. The van der Waals surface area contributed by atoms with Crippen molar-refractivity contribution in [1.29, 1.82) is 0 Å². The van der Waals surface area contributed by atoms with Gasteiger partial charge < -0.3 is 9.16 Å². The maximum atomic E-state index is 12.8. The summed E-state index contributed by atoms with van der Waals surface area (Å²) in [7, 11) is -1.85. The first-order valence-electron chi connectivity index (χ1n) is 8.45. The quantitative estimate of drug-likeness (QED) is 0.422. The number of benzene rings is 2. The van der Waals surface area contributed by atoms with Crippen LogP contribution in [0.25, 0.3) is 0 Å². The average molecular weight is 393 g/mol. The van der Waals surface area contributed by atoms with Crippen LogP contribution in [0.2, 0.25) is 18.1 Å². The normalized spacial score (nSPS) is 11.9. The fourth-order valence-corrected chi connectivity index (χ4v) is 3.54. The molecule has 0 N–H and O–H groups in total. The van der Waals surface area contributed by atoms with Gasteiger partial charge in [-0.1, -0.05) is 32.9 Å². The molecule has 6 heteroatoms. The van der Waals surface area contributed by atoms with Crippen LogP contribution in [0.3, 0.4) is 0 Å². The highest BCUT2D eigenvalue weighted by Gasteiger charge is 2.38. The zero-order valence-electron chi connectivity index (χ0n) is 15.8. The van der Waals surface area contributed by atoms with E-state index in [9.17, 15) is 9.18 Å². The van der Waals surface area contributed by atoms with E-state index in [4.69, 9.17) is 9.16 Å². The summed E-state index contributed by atoms with van der Waals surface area (Å²) in [5, 5.41) is -0.274. The van der Waals surface area contributed by atoms with Crippen molar-refractivity contribution in [3.8, 4) is 11.5 Å². The maximum absolute atomic E-state index is 12.8. The second-order valence-corrected chi connectivity index (χ2v) is 13.2. The Labute approximate surface area is 160 Å². The van der Waals surface area contributed by atoms with Crippen LogP contribution in [0.5, 0.6) is 11.5 Å². The van der Waals surface area contributed by atoms with Gasteiger partial charge in [-0.2, -0.15) is 0 Å². The maximum Gasteiger partial charge on any atom is 0.373 e. The van der Waals surface area contributed by atoms with Gasteiger partial charge in [0.25, 0.3) is 0 Å². The van der Waals surface area contributed by atoms with Gasteiger partial charge >= 0.3 is 5.30 Å². The number of carbonyl (C=O) groups is 1. The molecule has 3 nitrogen and oxygen atoms in total. The lowest BCUT2D eigenvalue weighted by Gasteiger charge is -2.36. The molecule has 0 saturated carbocycles. The summed E-state index contributed by atoms with van der Waals surface area (Å²) < 4.78 is 24.2. The molecule has 0 saturated heterocycles. The first-order chi connectivity index (χ1) is 12.1. The molecule has 0 unspecified atom stereocenters. The van der Waals surface area contributed by atoms with Crippen molar-refractivity contribution < 1.29 is 18.3 Å². The van der Waals surface area contributed by atoms with Crippen molar-refractivity contribution in [2.24, 2.45) is 0 Å². The van der Waals surface area contributed by atoms with Gasteiger partial charge in [0, 0.05) is 5.75 Å². The van der Waals surface area contributed by atoms with Crippen LogP contribution in [0, 0.1) is 5.82 Å². The Hall–Kier alpha value is -1.79. The second kappa shape index (κ2) is 8.27. The average Bonchev–Trinajstić information content (AvgIpc) is 2.55. The molecule has 140 valence electrons. The van der Waals surface area contributed by atoms with E-state index in [-0.39, 0.29) is 10.9 Å². The number of ether oxygens (including phenoxy) is 1. The van der Waals surface area contributed by atoms with E-state index in [0.29, 0.717) is 11.5 Å². The van der Waals surface area contributed by atoms with E-state index in [2.05, 4.69) is 33.9 Å². The summed E-state index contributed by atoms with van der Waals surface area (Å²) in [5.74, 6) is 1.33. The fourth-order valence-electron chi connectivity index (χ4n) is 1.87. The SMILES string of the molecule is CC(C)(C)[Si](C)(C)Oc1ccc(CSC(=O)Oc2ccc(F)cc2)cc1. The molecule has 0 aliphatic rings. The highest BCUT2D eigenvalue weighted by molar-refractivity contribution is 8.12. The van der Waals surface area contributed by atoms with E-state index < -0.39 is 13.6 Å². The summed E-state index contributed by atoms with van der Waals surface area (Å²) in [6, 6.07) is 13.2. The first kappa shape index (κ1) is 20.5. The van der Waals surface area contributed by atoms with Gasteiger partial charge in [-0.25, -0.2) is 9.18 Å². The van der Waals surface area contributed by atoms with E-state index in [1.165, 1.54) is 24.3 Å². The summed E-state index contributed by atoms with van der Waals surface area (Å²) in [5.41, 5.74) is 1.01. The summed E-state index contributed by atoms with van der Waals surface area (Å²) >= 11 is 1.06. The molecule has 0 aliphatic carbocycles. The Bertz CT molecular complexity index is 737. The number of rotatable bonds is 5. The van der Waals surface area contributed by atoms with Crippen LogP contribution in [0.1, 0.15) is 26.3 Å². The monoisotopic (exact) mass is 392 g/mol. The molecule has 0 spiro atoms. The van der Waals surface area contributed by atoms with Crippen LogP contribution in [-0.2, 0) is 5.75 Å². The lowest BCUT2D eigenvalue weighted by Crippen LogP contribution is -2.43. The van der Waals surface area contributed by atoms with E-state index in [0.717, 1.165) is 23.1 Å². The van der Waals surface area contributed by atoms with E-state index >= 15 is 0 Å². The summed E-state index contributed by atoms with van der Waals surface area (Å²) in [6.07, 6.45) is 0. The van der Waals surface area contributed by atoms with E-state index in [1.807, 2.05) is 24.3 Å². The first-order valence-corrected chi connectivity index (χ1v) is 12.3. The Morgan fingerprint density at radius 3 is 2.08 bits per heavy atom. The largest absolute Gasteiger partial charge is 0.544 e. The zero-order chi connectivity index (χ0) is 19.4. The molecule has 0 heterocycles. The van der Waals surface area contributed by atoms with Crippen molar-refractivity contribution in [3.63, 3.8) is 0 Å². The van der Waals surface area contributed by atoms with Crippen LogP contribution < -0.4 is 9.16 Å². The minimum atomic E-state index is -1.85. The summed E-state index contributed by atoms with van der Waals surface area (Å²) in [4.78, 5) is 11.9. The molecule has 2 aromatic carbocycles. The minimum Gasteiger partial charge on any atom is -0.544 e. The highest BCUT2D eigenvalue weighted by atomic mass is 32.2. The molecule has 0 amide bonds. The van der Waals surface area contributed by atoms with Gasteiger partial charge in [-0.15, -0.1) is 0 Å². The van der Waals surface area contributed by atoms with Crippen LogP contribution in [0.15, 0.2) is 48.5 Å². The minimum absolute atomic E-state index is 0.144. The van der Waals surface area contributed by atoms with Gasteiger partial charge in [0.15, 0.2) is 0 Å². The van der Waals surface area contributed by atoms with Crippen molar-refractivity contribution in [1.82, 2.24) is 0 Å². The zero-order valence-corrected chi connectivity index (χ0v) is 17.7. The predicted octanol–water partition coefficient (Wildman–Crippen LogP) is 6.64. The number of carbonyl (C=O) groups excluding carboxylic acids is 1. The van der Waals surface area contributed by atoms with Gasteiger partial charge in [0.05, 0.1) is 0 Å². The molecule has 26 heavy (non-hydrogen) atoms. The van der Waals surface area contributed by atoms with Gasteiger partial charge in [-0.05, 0) is 71.9 Å². The van der Waals surface area contributed by atoms with E-state index in [1.54, 1.807) is 0 Å². The van der Waals surface area contributed by atoms with Crippen LogP contribution in [0.4, 0.5) is 9.18 Å². The number of hydrogen-bond acceptors (Lipinski definition) is 4. The molecule has 0 radical (unpaired) electrons. The topological polar surface area (TPSA) is 35.5 Å². The Kier molecular flexibility index (Phi) is 6.52. The number of hydrogen-bond donors (Lipinski definition) is 0. The molecular formula is C20H25FO3SSi. The predicted molar refractivity (Wildman–Crippen MR) is 108 cm³/mol. The second-order valence-electron chi connectivity index (χ2n) is 7.60. The third-order valence-electron chi connectivity index (χ3n) is 4.47. The van der Waals surface area contributed by atoms with Gasteiger partial charge in [-0.3, -0.25) is 0 Å². The Balaban J connectivity index is 1.87. The smallest absolute Gasteiger partial charge is 0.373 e. The molecule has 2 aromatic rings. The molecule has 2 rings (SSSR count). The number of thioether (sulfide) groups is 1. The fraction of sp³-hybridized carbons (Fsp3) is 0.350. The molecule has 0 fully saturated rings.